The van der Waals surface area contributed by atoms with Gasteiger partial charge in [0.2, 0.25) is 5.95 Å². The normalized spacial score (nSPS) is 16.4. The Labute approximate surface area is 144 Å². The molecule has 1 aromatic heterocycles. The van der Waals surface area contributed by atoms with Crippen LogP contribution in [0.1, 0.15) is 5.56 Å². The van der Waals surface area contributed by atoms with E-state index in [-0.39, 0.29) is 5.91 Å². The zero-order valence-corrected chi connectivity index (χ0v) is 13.2. The number of hydrogen-bond acceptors (Lipinski definition) is 5. The summed E-state index contributed by atoms with van der Waals surface area (Å²) in [5, 5.41) is 6.00. The molecule has 5 N–H and O–H groups in total. The van der Waals surface area contributed by atoms with Gasteiger partial charge in [-0.3, -0.25) is 4.79 Å². The number of hydrogen-bond donors (Lipinski definition) is 4. The summed E-state index contributed by atoms with van der Waals surface area (Å²) < 4.78 is 0. The molecule has 124 valence electrons. The highest BCUT2D eigenvalue weighted by Gasteiger charge is 2.29. The molecule has 25 heavy (non-hydrogen) atoms. The lowest BCUT2D eigenvalue weighted by atomic mass is 10.0. The van der Waals surface area contributed by atoms with Gasteiger partial charge in [0, 0.05) is 0 Å². The average molecular weight is 332 g/mol. The SMILES string of the molecule is Nc1cnc(NC2C(=O)Nc3ccccc3N=C2c2ccccc2)[nH]1. The number of aliphatic imine (C=N–C) groups is 1. The third-order valence-electron chi connectivity index (χ3n) is 3.88. The van der Waals surface area contributed by atoms with Crippen molar-refractivity contribution in [3.05, 3.63) is 66.4 Å². The topological polar surface area (TPSA) is 108 Å². The van der Waals surface area contributed by atoms with E-state index in [1.165, 1.54) is 6.20 Å². The van der Waals surface area contributed by atoms with Crippen LogP contribution in [0.25, 0.3) is 0 Å². The Morgan fingerprint density at radius 2 is 1.80 bits per heavy atom. The molecule has 1 unspecified atom stereocenters. The van der Waals surface area contributed by atoms with Gasteiger partial charge in [-0.2, -0.15) is 0 Å². The molecule has 2 aromatic carbocycles. The Balaban J connectivity index is 1.81. The molecular weight excluding hydrogens is 316 g/mol. The van der Waals surface area contributed by atoms with Gasteiger partial charge in [-0.15, -0.1) is 0 Å². The van der Waals surface area contributed by atoms with Gasteiger partial charge in [-0.25, -0.2) is 9.98 Å². The van der Waals surface area contributed by atoms with E-state index in [1.54, 1.807) is 0 Å². The van der Waals surface area contributed by atoms with Gasteiger partial charge in [0.05, 0.1) is 23.3 Å². The summed E-state index contributed by atoms with van der Waals surface area (Å²) in [7, 11) is 0. The zero-order chi connectivity index (χ0) is 17.2. The molecule has 0 bridgehead atoms. The maximum Gasteiger partial charge on any atom is 0.253 e. The van der Waals surface area contributed by atoms with Crippen LogP contribution in [0.3, 0.4) is 0 Å². The van der Waals surface area contributed by atoms with Crippen molar-refractivity contribution in [3.8, 4) is 0 Å². The molecule has 3 aromatic rings. The van der Waals surface area contributed by atoms with Gasteiger partial charge in [0.15, 0.2) is 6.04 Å². The number of amides is 1. The second-order valence-electron chi connectivity index (χ2n) is 5.63. The maximum absolute atomic E-state index is 12.8. The van der Waals surface area contributed by atoms with Crippen molar-refractivity contribution in [2.45, 2.75) is 6.04 Å². The number of fused-ring (bicyclic) bond motifs is 1. The number of H-pyrrole nitrogens is 1. The minimum absolute atomic E-state index is 0.220. The molecule has 0 radical (unpaired) electrons. The second-order valence-corrected chi connectivity index (χ2v) is 5.63. The van der Waals surface area contributed by atoms with Crippen molar-refractivity contribution in [3.63, 3.8) is 0 Å². The lowest BCUT2D eigenvalue weighted by Gasteiger charge is -2.18. The van der Waals surface area contributed by atoms with Crippen LogP contribution in [0, 0.1) is 0 Å². The van der Waals surface area contributed by atoms with Gasteiger partial charge in [0.25, 0.3) is 5.91 Å². The number of nitrogens with zero attached hydrogens (tertiary/aromatic N) is 2. The molecule has 0 spiro atoms. The lowest BCUT2D eigenvalue weighted by Crippen LogP contribution is -2.41. The van der Waals surface area contributed by atoms with Crippen LogP contribution in [0.2, 0.25) is 0 Å². The Hall–Kier alpha value is -3.61. The quantitative estimate of drug-likeness (QED) is 0.591. The minimum Gasteiger partial charge on any atom is -0.384 e. The predicted octanol–water partition coefficient (Wildman–Crippen LogP) is 2.55. The highest BCUT2D eigenvalue weighted by Crippen LogP contribution is 2.29. The van der Waals surface area contributed by atoms with Crippen molar-refractivity contribution in [1.29, 1.82) is 0 Å². The van der Waals surface area contributed by atoms with Crippen LogP contribution in [-0.4, -0.2) is 27.6 Å². The Morgan fingerprint density at radius 1 is 1.04 bits per heavy atom. The Kier molecular flexibility index (Phi) is 3.66. The largest absolute Gasteiger partial charge is 0.384 e. The third kappa shape index (κ3) is 2.94. The van der Waals surface area contributed by atoms with Crippen LogP contribution in [0.15, 0.2) is 65.8 Å². The molecule has 7 heteroatoms. The lowest BCUT2D eigenvalue weighted by molar-refractivity contribution is -0.115. The van der Waals surface area contributed by atoms with E-state index in [2.05, 4.69) is 20.6 Å². The van der Waals surface area contributed by atoms with E-state index < -0.39 is 6.04 Å². The number of aromatic amines is 1. The summed E-state index contributed by atoms with van der Waals surface area (Å²) in [5.74, 6) is 0.604. The maximum atomic E-state index is 12.8. The second kappa shape index (κ2) is 6.12. The first-order valence-corrected chi connectivity index (χ1v) is 7.81. The Bertz CT molecular complexity index is 947. The molecule has 1 atom stereocenters. The molecule has 0 fully saturated rings. The predicted molar refractivity (Wildman–Crippen MR) is 98.1 cm³/mol. The number of nitrogen functional groups attached to an aromatic ring is 1. The third-order valence-corrected chi connectivity index (χ3v) is 3.88. The van der Waals surface area contributed by atoms with Gasteiger partial charge in [-0.1, -0.05) is 42.5 Å². The summed E-state index contributed by atoms with van der Waals surface area (Å²) in [6.07, 6.45) is 1.49. The van der Waals surface area contributed by atoms with Gasteiger partial charge < -0.3 is 21.4 Å². The first-order valence-electron chi connectivity index (χ1n) is 7.81. The molecule has 1 amide bonds. The molecule has 4 rings (SSSR count). The monoisotopic (exact) mass is 332 g/mol. The van der Waals surface area contributed by atoms with E-state index in [0.717, 1.165) is 5.56 Å². The molecule has 2 heterocycles. The highest BCUT2D eigenvalue weighted by molar-refractivity contribution is 6.23. The van der Waals surface area contributed by atoms with Gasteiger partial charge in [0.1, 0.15) is 5.82 Å². The summed E-state index contributed by atoms with van der Waals surface area (Å²) in [6.45, 7) is 0. The molecule has 7 nitrogen and oxygen atoms in total. The number of benzene rings is 2. The molecule has 1 aliphatic heterocycles. The number of nitrogens with one attached hydrogen (secondary N) is 3. The van der Waals surface area contributed by atoms with E-state index >= 15 is 0 Å². The summed E-state index contributed by atoms with van der Waals surface area (Å²) in [6, 6.07) is 16.3. The van der Waals surface area contributed by atoms with Crippen molar-refractivity contribution < 1.29 is 4.79 Å². The highest BCUT2D eigenvalue weighted by atomic mass is 16.2. The molecule has 0 saturated carbocycles. The smallest absolute Gasteiger partial charge is 0.253 e. The standard InChI is InChI=1S/C18H16N6O/c19-14-10-20-18(23-14)24-16-15(11-6-2-1-3-7-11)21-12-8-4-5-9-13(12)22-17(16)25/h1-10,16H,19H2,(H,22,25)(H2,20,23,24). The van der Waals surface area contributed by atoms with Gasteiger partial charge in [-0.05, 0) is 17.7 Å². The fourth-order valence-corrected chi connectivity index (χ4v) is 2.72. The molecule has 0 aliphatic carbocycles. The number of nitrogens with two attached hydrogens (primary N) is 1. The average Bonchev–Trinajstić information content (AvgIpc) is 2.98. The number of aromatic nitrogens is 2. The van der Waals surface area contributed by atoms with E-state index in [9.17, 15) is 4.79 Å². The van der Waals surface area contributed by atoms with E-state index in [1.807, 2.05) is 54.6 Å². The number of anilines is 3. The van der Waals surface area contributed by atoms with Crippen LogP contribution >= 0.6 is 0 Å². The van der Waals surface area contributed by atoms with Crippen LogP contribution < -0.4 is 16.4 Å². The molecule has 1 aliphatic rings. The van der Waals surface area contributed by atoms with Crippen LogP contribution in [0.4, 0.5) is 23.1 Å². The van der Waals surface area contributed by atoms with Crippen molar-refractivity contribution >= 4 is 34.8 Å². The van der Waals surface area contributed by atoms with Crippen molar-refractivity contribution in [1.82, 2.24) is 9.97 Å². The van der Waals surface area contributed by atoms with Gasteiger partial charge >= 0.3 is 0 Å². The number of carbonyl (C=O) groups is 1. The summed E-state index contributed by atoms with van der Waals surface area (Å²) in [5.41, 5.74) is 8.51. The van der Waals surface area contributed by atoms with E-state index in [4.69, 9.17) is 10.7 Å². The van der Waals surface area contributed by atoms with Crippen LogP contribution in [0.5, 0.6) is 0 Å². The summed E-state index contributed by atoms with van der Waals surface area (Å²) >= 11 is 0. The van der Waals surface area contributed by atoms with Crippen molar-refractivity contribution in [2.75, 3.05) is 16.4 Å². The summed E-state index contributed by atoms with van der Waals surface area (Å²) in [4.78, 5) is 24.6. The van der Waals surface area contributed by atoms with E-state index in [0.29, 0.717) is 28.9 Å². The van der Waals surface area contributed by atoms with Crippen molar-refractivity contribution in [2.24, 2.45) is 4.99 Å². The molecular formula is C18H16N6O. The Morgan fingerprint density at radius 3 is 2.56 bits per heavy atom. The van der Waals surface area contributed by atoms with Crippen LogP contribution in [-0.2, 0) is 4.79 Å². The minimum atomic E-state index is -0.722. The first kappa shape index (κ1) is 14.9. The fourth-order valence-electron chi connectivity index (χ4n) is 2.72. The number of para-hydroxylation sites is 2. The molecule has 0 saturated heterocycles. The first-order chi connectivity index (χ1) is 12.2. The fraction of sp³-hybridized carbons (Fsp3) is 0.0556. The zero-order valence-electron chi connectivity index (χ0n) is 13.2. The number of carbonyl (C=O) groups excluding carboxylic acids is 1. The number of rotatable bonds is 3. The number of imidazole rings is 1.